The van der Waals surface area contributed by atoms with E-state index in [1.54, 1.807) is 30.9 Å². The summed E-state index contributed by atoms with van der Waals surface area (Å²) in [4.78, 5) is 23.1. The van der Waals surface area contributed by atoms with Crippen LogP contribution < -0.4 is 5.32 Å². The van der Waals surface area contributed by atoms with E-state index in [-0.39, 0.29) is 11.6 Å². The fourth-order valence-electron chi connectivity index (χ4n) is 4.35. The third-order valence-corrected chi connectivity index (χ3v) is 6.18. The number of aromatic amines is 2. The van der Waals surface area contributed by atoms with E-state index in [1.165, 1.54) is 18.3 Å². The lowest BCUT2D eigenvalue weighted by Gasteiger charge is -2.12. The first-order chi connectivity index (χ1) is 18.4. The van der Waals surface area contributed by atoms with Crippen molar-refractivity contribution in [1.29, 1.82) is 0 Å². The number of H-pyrrole nitrogens is 2. The molecule has 38 heavy (non-hydrogen) atoms. The normalized spacial score (nSPS) is 11.6. The van der Waals surface area contributed by atoms with Crippen LogP contribution in [0.1, 0.15) is 0 Å². The number of benzene rings is 1. The highest BCUT2D eigenvalue weighted by Gasteiger charge is 2.17. The Morgan fingerprint density at radius 3 is 2.66 bits per heavy atom. The first kappa shape index (κ1) is 23.5. The molecule has 6 aromatic rings. The molecule has 0 atom stereocenters. The Morgan fingerprint density at radius 2 is 1.82 bits per heavy atom. The van der Waals surface area contributed by atoms with Gasteiger partial charge in [0.1, 0.15) is 17.3 Å². The summed E-state index contributed by atoms with van der Waals surface area (Å²) >= 11 is 0. The van der Waals surface area contributed by atoms with E-state index in [9.17, 15) is 9.50 Å². The van der Waals surface area contributed by atoms with E-state index in [0.717, 1.165) is 17.4 Å². The number of halogens is 1. The van der Waals surface area contributed by atoms with Crippen LogP contribution >= 0.6 is 0 Å². The molecular formula is C27H24FN9O. The predicted octanol–water partition coefficient (Wildman–Crippen LogP) is 4.44. The largest absolute Gasteiger partial charge is 0.506 e. The van der Waals surface area contributed by atoms with Crippen LogP contribution in [0.5, 0.6) is 5.75 Å². The first-order valence-corrected chi connectivity index (χ1v) is 12.0. The van der Waals surface area contributed by atoms with Crippen molar-refractivity contribution in [1.82, 2.24) is 40.0 Å². The van der Waals surface area contributed by atoms with Crippen LogP contribution in [0.3, 0.4) is 0 Å². The second-order valence-corrected chi connectivity index (χ2v) is 9.25. The van der Waals surface area contributed by atoms with Gasteiger partial charge in [0.2, 0.25) is 0 Å². The summed E-state index contributed by atoms with van der Waals surface area (Å²) in [7, 11) is 3.98. The van der Waals surface area contributed by atoms with Gasteiger partial charge in [-0.1, -0.05) is 0 Å². The minimum absolute atomic E-state index is 0.0579. The molecule has 0 aliphatic rings. The number of imidazole rings is 1. The van der Waals surface area contributed by atoms with Crippen molar-refractivity contribution < 1.29 is 9.50 Å². The van der Waals surface area contributed by atoms with Gasteiger partial charge in [0.25, 0.3) is 0 Å². The summed E-state index contributed by atoms with van der Waals surface area (Å²) in [5.41, 5.74) is 6.06. The maximum absolute atomic E-state index is 14.6. The summed E-state index contributed by atoms with van der Waals surface area (Å²) in [6.07, 6.45) is 8.05. The highest BCUT2D eigenvalue weighted by atomic mass is 19.1. The highest BCUT2D eigenvalue weighted by Crippen LogP contribution is 2.33. The molecule has 5 aromatic heterocycles. The van der Waals surface area contributed by atoms with E-state index in [0.29, 0.717) is 57.2 Å². The molecule has 0 aliphatic heterocycles. The summed E-state index contributed by atoms with van der Waals surface area (Å²) < 4.78 is 14.6. The number of nitrogens with zero attached hydrogens (tertiary/aromatic N) is 6. The Balaban J connectivity index is 1.40. The molecular weight excluding hydrogens is 485 g/mol. The molecule has 0 saturated heterocycles. The van der Waals surface area contributed by atoms with Gasteiger partial charge in [-0.15, -0.1) is 0 Å². The zero-order chi connectivity index (χ0) is 26.2. The molecule has 0 amide bonds. The first-order valence-electron chi connectivity index (χ1n) is 12.0. The van der Waals surface area contributed by atoms with Crippen molar-refractivity contribution in [2.24, 2.45) is 0 Å². The van der Waals surface area contributed by atoms with Crippen LogP contribution in [0, 0.1) is 5.82 Å². The summed E-state index contributed by atoms with van der Waals surface area (Å²) in [5, 5.41) is 21.4. The zero-order valence-electron chi connectivity index (χ0n) is 20.7. The second-order valence-electron chi connectivity index (χ2n) is 9.25. The van der Waals surface area contributed by atoms with Crippen LogP contribution in [0.2, 0.25) is 0 Å². The van der Waals surface area contributed by atoms with E-state index in [2.05, 4.69) is 40.3 Å². The third-order valence-electron chi connectivity index (χ3n) is 6.18. The van der Waals surface area contributed by atoms with Gasteiger partial charge >= 0.3 is 0 Å². The second kappa shape index (κ2) is 9.52. The molecule has 6 rings (SSSR count). The summed E-state index contributed by atoms with van der Waals surface area (Å²) in [6, 6.07) is 8.33. The summed E-state index contributed by atoms with van der Waals surface area (Å²) in [6.45, 7) is 1.51. The number of likely N-dealkylation sites (N-methyl/N-ethyl adjacent to an activating group) is 1. The zero-order valence-corrected chi connectivity index (χ0v) is 20.7. The number of hydrogen-bond acceptors (Lipinski definition) is 8. The minimum Gasteiger partial charge on any atom is -0.506 e. The highest BCUT2D eigenvalue weighted by molar-refractivity contribution is 5.97. The molecule has 0 fully saturated rings. The standard InChI is InChI=1S/C27H24FN9O/c1-37(2)4-3-31-18-6-15(5-17(28)8-18)21-12-30-13-24-25(21)34-27(33-24)26-20-9-22(32-14-23(20)35-36-26)16-7-19(38)11-29-10-16/h5-14,31,38H,3-4H2,1-2H3,(H,33,34)(H,35,36). The van der Waals surface area contributed by atoms with Gasteiger partial charge in [-0.3, -0.25) is 20.1 Å². The van der Waals surface area contributed by atoms with Gasteiger partial charge in [0, 0.05) is 47.7 Å². The lowest BCUT2D eigenvalue weighted by Crippen LogP contribution is -2.20. The van der Waals surface area contributed by atoms with E-state index >= 15 is 0 Å². The van der Waals surface area contributed by atoms with E-state index < -0.39 is 0 Å². The molecule has 0 unspecified atom stereocenters. The van der Waals surface area contributed by atoms with Gasteiger partial charge in [0.15, 0.2) is 5.82 Å². The molecule has 11 heteroatoms. The van der Waals surface area contributed by atoms with Crippen molar-refractivity contribution in [3.05, 3.63) is 67.1 Å². The molecule has 4 N–H and O–H groups in total. The van der Waals surface area contributed by atoms with Crippen molar-refractivity contribution in [3.63, 3.8) is 0 Å². The number of hydrogen-bond donors (Lipinski definition) is 4. The van der Waals surface area contributed by atoms with Gasteiger partial charge in [-0.05, 0) is 50.0 Å². The predicted molar refractivity (Wildman–Crippen MR) is 144 cm³/mol. The molecule has 1 aromatic carbocycles. The molecule has 0 radical (unpaired) electrons. The van der Waals surface area contributed by atoms with Gasteiger partial charge in [-0.2, -0.15) is 5.10 Å². The average Bonchev–Trinajstić information content (AvgIpc) is 3.51. The Bertz CT molecular complexity index is 1780. The van der Waals surface area contributed by atoms with Gasteiger partial charge in [0.05, 0.1) is 40.8 Å². The number of aromatic nitrogens is 7. The number of fused-ring (bicyclic) bond motifs is 2. The molecule has 190 valence electrons. The SMILES string of the molecule is CN(C)CCNc1cc(F)cc(-c2cncc3[nH]c(-c4n[nH]c5cnc(-c6cncc(O)c6)cc45)nc23)c1. The number of rotatable bonds is 7. The maximum atomic E-state index is 14.6. The monoisotopic (exact) mass is 509 g/mol. The van der Waals surface area contributed by atoms with E-state index in [1.807, 2.05) is 26.2 Å². The van der Waals surface area contributed by atoms with Crippen LogP contribution in [0.25, 0.3) is 55.8 Å². The Morgan fingerprint density at radius 1 is 0.947 bits per heavy atom. The minimum atomic E-state index is -0.345. The van der Waals surface area contributed by atoms with Crippen LogP contribution in [-0.2, 0) is 0 Å². The van der Waals surface area contributed by atoms with Crippen molar-refractivity contribution in [3.8, 4) is 39.7 Å². The average molecular weight is 510 g/mol. The molecule has 10 nitrogen and oxygen atoms in total. The molecule has 0 aliphatic carbocycles. The smallest absolute Gasteiger partial charge is 0.159 e. The number of aromatic hydroxyl groups is 1. The van der Waals surface area contributed by atoms with Crippen molar-refractivity contribution in [2.75, 3.05) is 32.5 Å². The Hall–Kier alpha value is -4.90. The van der Waals surface area contributed by atoms with E-state index in [4.69, 9.17) is 4.98 Å². The Kier molecular flexibility index (Phi) is 5.89. The molecule has 0 spiro atoms. The third kappa shape index (κ3) is 4.50. The van der Waals surface area contributed by atoms with Crippen molar-refractivity contribution >= 4 is 27.6 Å². The fraction of sp³-hybridized carbons (Fsp3) is 0.148. The number of anilines is 1. The summed E-state index contributed by atoms with van der Waals surface area (Å²) in [5.74, 6) is 0.248. The van der Waals surface area contributed by atoms with Crippen LogP contribution in [0.4, 0.5) is 10.1 Å². The quantitative estimate of drug-likeness (QED) is 0.248. The van der Waals surface area contributed by atoms with Crippen molar-refractivity contribution in [2.45, 2.75) is 0 Å². The number of pyridine rings is 3. The molecule has 0 bridgehead atoms. The van der Waals surface area contributed by atoms with Gasteiger partial charge in [-0.25, -0.2) is 9.37 Å². The van der Waals surface area contributed by atoms with Crippen LogP contribution in [0.15, 0.2) is 61.3 Å². The fourth-order valence-corrected chi connectivity index (χ4v) is 4.35. The lowest BCUT2D eigenvalue weighted by molar-refractivity contribution is 0.425. The molecule has 0 saturated carbocycles. The topological polar surface area (TPSA) is 132 Å². The van der Waals surface area contributed by atoms with Gasteiger partial charge < -0.3 is 20.3 Å². The number of nitrogens with one attached hydrogen (secondary N) is 3. The molecule has 5 heterocycles. The maximum Gasteiger partial charge on any atom is 0.159 e. The Labute approximate surface area is 216 Å². The lowest BCUT2D eigenvalue weighted by atomic mass is 10.1. The van der Waals surface area contributed by atoms with Crippen LogP contribution in [-0.4, -0.2) is 72.3 Å².